The SMILES string of the molecule is CN[C@H](CC(=O)O)C(C)(C)C. The molecule has 0 saturated heterocycles. The third-order valence-electron chi connectivity index (χ3n) is 1.77. The van der Waals surface area contributed by atoms with Crippen molar-refractivity contribution in [3.05, 3.63) is 0 Å². The Labute approximate surface area is 67.8 Å². The lowest BCUT2D eigenvalue weighted by Gasteiger charge is -2.28. The largest absolute Gasteiger partial charge is 0.481 e. The molecule has 0 heterocycles. The Morgan fingerprint density at radius 3 is 2.09 bits per heavy atom. The minimum atomic E-state index is -0.751. The number of hydrogen-bond donors (Lipinski definition) is 2. The normalized spacial score (nSPS) is 14.5. The standard InChI is InChI=1S/C8H17NO2/c1-8(2,3)6(9-4)5-7(10)11/h6,9H,5H2,1-4H3,(H,10,11)/t6-/m1/s1. The maximum Gasteiger partial charge on any atom is 0.304 e. The Balaban J connectivity index is 4.07. The van der Waals surface area contributed by atoms with E-state index in [9.17, 15) is 4.79 Å². The average Bonchev–Trinajstić information content (AvgIpc) is 1.79. The van der Waals surface area contributed by atoms with Crippen molar-refractivity contribution in [3.8, 4) is 0 Å². The first-order valence-corrected chi connectivity index (χ1v) is 3.77. The van der Waals surface area contributed by atoms with E-state index in [-0.39, 0.29) is 17.9 Å². The number of carbonyl (C=O) groups is 1. The van der Waals surface area contributed by atoms with Gasteiger partial charge in [0.2, 0.25) is 0 Å². The van der Waals surface area contributed by atoms with E-state index in [1.807, 2.05) is 20.8 Å². The third-order valence-corrected chi connectivity index (χ3v) is 1.77. The van der Waals surface area contributed by atoms with Crippen LogP contribution >= 0.6 is 0 Å². The molecule has 0 radical (unpaired) electrons. The Hall–Kier alpha value is -0.570. The van der Waals surface area contributed by atoms with Gasteiger partial charge in [-0.1, -0.05) is 20.8 Å². The van der Waals surface area contributed by atoms with Gasteiger partial charge in [0.05, 0.1) is 6.42 Å². The summed E-state index contributed by atoms with van der Waals surface area (Å²) in [5.41, 5.74) is 0.00708. The van der Waals surface area contributed by atoms with E-state index in [2.05, 4.69) is 5.32 Å². The van der Waals surface area contributed by atoms with Crippen LogP contribution in [0.5, 0.6) is 0 Å². The van der Waals surface area contributed by atoms with Gasteiger partial charge in [-0.25, -0.2) is 0 Å². The molecule has 0 aliphatic carbocycles. The van der Waals surface area contributed by atoms with Gasteiger partial charge in [-0.2, -0.15) is 0 Å². The van der Waals surface area contributed by atoms with Crippen molar-refractivity contribution in [2.75, 3.05) is 7.05 Å². The zero-order valence-corrected chi connectivity index (χ0v) is 7.64. The van der Waals surface area contributed by atoms with Crippen molar-refractivity contribution in [1.29, 1.82) is 0 Å². The highest BCUT2D eigenvalue weighted by atomic mass is 16.4. The second-order valence-corrected chi connectivity index (χ2v) is 3.81. The van der Waals surface area contributed by atoms with Crippen LogP contribution in [0.25, 0.3) is 0 Å². The van der Waals surface area contributed by atoms with Gasteiger partial charge in [-0.3, -0.25) is 4.79 Å². The third kappa shape index (κ3) is 3.98. The molecule has 0 aromatic heterocycles. The molecule has 3 heteroatoms. The summed E-state index contributed by atoms with van der Waals surface area (Å²) in [4.78, 5) is 10.4. The van der Waals surface area contributed by atoms with E-state index in [4.69, 9.17) is 5.11 Å². The van der Waals surface area contributed by atoms with Crippen molar-refractivity contribution in [3.63, 3.8) is 0 Å². The fourth-order valence-electron chi connectivity index (χ4n) is 1.02. The van der Waals surface area contributed by atoms with Crippen LogP contribution in [-0.2, 0) is 4.79 Å². The molecule has 0 bridgehead atoms. The molecule has 0 aromatic rings. The van der Waals surface area contributed by atoms with E-state index >= 15 is 0 Å². The first-order valence-electron chi connectivity index (χ1n) is 3.77. The molecule has 0 unspecified atom stereocenters. The van der Waals surface area contributed by atoms with Crippen LogP contribution in [0.2, 0.25) is 0 Å². The summed E-state index contributed by atoms with van der Waals surface area (Å²) >= 11 is 0. The second kappa shape index (κ2) is 3.72. The zero-order valence-electron chi connectivity index (χ0n) is 7.64. The molecule has 1 atom stereocenters. The van der Waals surface area contributed by atoms with Crippen molar-refractivity contribution in [2.24, 2.45) is 5.41 Å². The lowest BCUT2D eigenvalue weighted by molar-refractivity contribution is -0.138. The summed E-state index contributed by atoms with van der Waals surface area (Å²) in [6.07, 6.45) is 0.181. The number of aliphatic carboxylic acids is 1. The topological polar surface area (TPSA) is 49.3 Å². The van der Waals surface area contributed by atoms with E-state index in [1.165, 1.54) is 0 Å². The number of carboxylic acids is 1. The maximum absolute atomic E-state index is 10.4. The fourth-order valence-corrected chi connectivity index (χ4v) is 1.02. The summed E-state index contributed by atoms with van der Waals surface area (Å²) in [6, 6.07) is 0.0417. The van der Waals surface area contributed by atoms with Gasteiger partial charge in [0.25, 0.3) is 0 Å². The minimum absolute atomic E-state index is 0.00708. The molecule has 0 aliphatic heterocycles. The molecule has 3 nitrogen and oxygen atoms in total. The molecule has 0 amide bonds. The van der Waals surface area contributed by atoms with Crippen molar-refractivity contribution in [2.45, 2.75) is 33.2 Å². The van der Waals surface area contributed by atoms with Crippen molar-refractivity contribution in [1.82, 2.24) is 5.32 Å². The molecule has 0 aromatic carbocycles. The molecule has 0 spiro atoms. The predicted molar refractivity (Wildman–Crippen MR) is 44.6 cm³/mol. The molecular formula is C8H17NO2. The summed E-state index contributed by atoms with van der Waals surface area (Å²) in [6.45, 7) is 6.07. The number of carboxylic acid groups (broad SMARTS) is 1. The van der Waals surface area contributed by atoms with Crippen molar-refractivity contribution < 1.29 is 9.90 Å². The number of rotatable bonds is 3. The Morgan fingerprint density at radius 1 is 1.55 bits per heavy atom. The fraction of sp³-hybridized carbons (Fsp3) is 0.875. The van der Waals surface area contributed by atoms with Crippen LogP contribution in [0, 0.1) is 5.41 Å². The Bertz CT molecular complexity index is 138. The highest BCUT2D eigenvalue weighted by Crippen LogP contribution is 2.21. The van der Waals surface area contributed by atoms with E-state index in [0.29, 0.717) is 0 Å². The molecule has 0 saturated carbocycles. The summed E-state index contributed by atoms with van der Waals surface area (Å²) in [7, 11) is 1.79. The quantitative estimate of drug-likeness (QED) is 0.648. The lowest BCUT2D eigenvalue weighted by Crippen LogP contribution is -2.39. The highest BCUT2D eigenvalue weighted by molar-refractivity contribution is 5.67. The maximum atomic E-state index is 10.4. The molecule has 11 heavy (non-hydrogen) atoms. The van der Waals surface area contributed by atoms with E-state index in [1.54, 1.807) is 7.05 Å². The zero-order chi connectivity index (χ0) is 9.07. The first-order chi connectivity index (χ1) is 4.88. The van der Waals surface area contributed by atoms with E-state index < -0.39 is 5.97 Å². The van der Waals surface area contributed by atoms with Gasteiger partial charge >= 0.3 is 5.97 Å². The molecule has 0 rings (SSSR count). The van der Waals surface area contributed by atoms with Crippen LogP contribution in [0.15, 0.2) is 0 Å². The van der Waals surface area contributed by atoms with Gasteiger partial charge in [-0.05, 0) is 12.5 Å². The smallest absolute Gasteiger partial charge is 0.304 e. The molecule has 0 aliphatic rings. The highest BCUT2D eigenvalue weighted by Gasteiger charge is 2.24. The van der Waals surface area contributed by atoms with Gasteiger partial charge in [-0.15, -0.1) is 0 Å². The second-order valence-electron chi connectivity index (χ2n) is 3.81. The Kier molecular flexibility index (Phi) is 3.52. The first kappa shape index (κ1) is 10.4. The number of nitrogens with one attached hydrogen (secondary N) is 1. The van der Waals surface area contributed by atoms with Gasteiger partial charge in [0.1, 0.15) is 0 Å². The molecule has 2 N–H and O–H groups in total. The van der Waals surface area contributed by atoms with Gasteiger partial charge < -0.3 is 10.4 Å². The van der Waals surface area contributed by atoms with Crippen LogP contribution in [0.4, 0.5) is 0 Å². The van der Waals surface area contributed by atoms with Crippen LogP contribution in [-0.4, -0.2) is 24.2 Å². The minimum Gasteiger partial charge on any atom is -0.481 e. The molecule has 66 valence electrons. The molecule has 0 fully saturated rings. The van der Waals surface area contributed by atoms with Gasteiger partial charge in [0, 0.05) is 6.04 Å². The van der Waals surface area contributed by atoms with E-state index in [0.717, 1.165) is 0 Å². The lowest BCUT2D eigenvalue weighted by atomic mass is 9.85. The van der Waals surface area contributed by atoms with Crippen molar-refractivity contribution >= 4 is 5.97 Å². The Morgan fingerprint density at radius 2 is 2.00 bits per heavy atom. The summed E-state index contributed by atoms with van der Waals surface area (Å²) in [5.74, 6) is -0.751. The summed E-state index contributed by atoms with van der Waals surface area (Å²) in [5, 5.41) is 11.5. The van der Waals surface area contributed by atoms with Crippen LogP contribution in [0.1, 0.15) is 27.2 Å². The van der Waals surface area contributed by atoms with Crippen LogP contribution in [0.3, 0.4) is 0 Å². The number of hydrogen-bond acceptors (Lipinski definition) is 2. The average molecular weight is 159 g/mol. The summed E-state index contributed by atoms with van der Waals surface area (Å²) < 4.78 is 0. The molecular weight excluding hydrogens is 142 g/mol. The van der Waals surface area contributed by atoms with Crippen LogP contribution < -0.4 is 5.32 Å². The monoisotopic (exact) mass is 159 g/mol. The van der Waals surface area contributed by atoms with Gasteiger partial charge in [0.15, 0.2) is 0 Å². The predicted octanol–water partition coefficient (Wildman–Crippen LogP) is 1.10.